The van der Waals surface area contributed by atoms with Gasteiger partial charge in [0.05, 0.1) is 24.1 Å². The van der Waals surface area contributed by atoms with Gasteiger partial charge in [-0.25, -0.2) is 9.97 Å². The van der Waals surface area contributed by atoms with Crippen LogP contribution >= 0.6 is 0 Å². The van der Waals surface area contributed by atoms with Gasteiger partial charge >= 0.3 is 12.3 Å². The van der Waals surface area contributed by atoms with Gasteiger partial charge in [0.15, 0.2) is 0 Å². The van der Waals surface area contributed by atoms with Crippen molar-refractivity contribution in [2.24, 2.45) is 0 Å². The number of nitrogens with one attached hydrogen (secondary N) is 3. The molecule has 1 unspecified atom stereocenters. The number of benzene rings is 1. The third-order valence-corrected chi connectivity index (χ3v) is 5.07. The Kier molecular flexibility index (Phi) is 6.41. The number of H-pyrrole nitrogens is 1. The Labute approximate surface area is 185 Å². The zero-order chi connectivity index (χ0) is 23.6. The molecule has 2 aromatic heterocycles. The minimum atomic E-state index is -4.46. The molecule has 13 heteroatoms. The Morgan fingerprint density at radius 1 is 1.12 bits per heavy atom. The maximum absolute atomic E-state index is 12.9. The monoisotopic (exact) mass is 469 g/mol. The van der Waals surface area contributed by atoms with Gasteiger partial charge in [0, 0.05) is 25.1 Å². The largest absolute Gasteiger partial charge is 0.493 e. The Balaban J connectivity index is 0.000000243. The number of aromatic nitrogens is 3. The first-order valence-electron chi connectivity index (χ1n) is 10.0. The van der Waals surface area contributed by atoms with Crippen LogP contribution in [0.1, 0.15) is 23.7 Å². The van der Waals surface area contributed by atoms with Gasteiger partial charge in [-0.2, -0.15) is 13.2 Å². The van der Waals surface area contributed by atoms with Crippen molar-refractivity contribution in [2.45, 2.75) is 30.9 Å². The molecule has 2 aliphatic rings. The van der Waals surface area contributed by atoms with Crippen LogP contribution in [0.2, 0.25) is 0 Å². The van der Waals surface area contributed by atoms with Crippen LogP contribution in [0.5, 0.6) is 5.75 Å². The molecule has 5 rings (SSSR count). The second kappa shape index (κ2) is 9.11. The summed E-state index contributed by atoms with van der Waals surface area (Å²) in [5.74, 6) is 1.14. The summed E-state index contributed by atoms with van der Waals surface area (Å²) in [7, 11) is 0. The lowest BCUT2D eigenvalue weighted by Gasteiger charge is -2.30. The molecular formula is C20H22F3N5O5. The van der Waals surface area contributed by atoms with Crippen LogP contribution in [0.15, 0.2) is 36.7 Å². The highest BCUT2D eigenvalue weighted by Crippen LogP contribution is 2.36. The van der Waals surface area contributed by atoms with E-state index in [1.807, 2.05) is 24.3 Å². The van der Waals surface area contributed by atoms with Crippen molar-refractivity contribution in [3.05, 3.63) is 47.9 Å². The van der Waals surface area contributed by atoms with E-state index in [1.165, 1.54) is 6.33 Å². The number of aromatic amines is 1. The molecule has 1 aromatic carbocycles. The zero-order valence-corrected chi connectivity index (χ0v) is 17.1. The molecule has 0 saturated carbocycles. The van der Waals surface area contributed by atoms with Gasteiger partial charge in [-0.3, -0.25) is 4.74 Å². The summed E-state index contributed by atoms with van der Waals surface area (Å²) in [5, 5.41) is 31.0. The lowest BCUT2D eigenvalue weighted by Crippen LogP contribution is -2.53. The van der Waals surface area contributed by atoms with Crippen molar-refractivity contribution in [3.8, 4) is 5.75 Å². The molecule has 0 aliphatic carbocycles. The summed E-state index contributed by atoms with van der Waals surface area (Å²) in [6.45, 7) is 1.62. The van der Waals surface area contributed by atoms with Crippen LogP contribution in [0.4, 0.5) is 19.0 Å². The molecule has 1 fully saturated rings. The number of alkyl halides is 3. The number of aliphatic hydroxyl groups is 3. The maximum atomic E-state index is 12.9. The van der Waals surface area contributed by atoms with Gasteiger partial charge in [0.25, 0.3) is 0 Å². The summed E-state index contributed by atoms with van der Waals surface area (Å²) in [4.78, 5) is 10.3. The number of nitrogens with zero attached hydrogens (tertiary/aromatic N) is 2. The topological polar surface area (TPSA) is 145 Å². The molecule has 0 amide bonds. The van der Waals surface area contributed by atoms with Crippen LogP contribution in [-0.4, -0.2) is 62.2 Å². The first kappa shape index (κ1) is 23.2. The third-order valence-electron chi connectivity index (χ3n) is 5.07. The first-order chi connectivity index (χ1) is 15.6. The van der Waals surface area contributed by atoms with Crippen molar-refractivity contribution in [3.63, 3.8) is 0 Å². The predicted molar refractivity (Wildman–Crippen MR) is 109 cm³/mol. The highest BCUT2D eigenvalue weighted by molar-refractivity contribution is 5.88. The first-order valence-corrected chi connectivity index (χ1v) is 10.0. The average molecular weight is 469 g/mol. The Bertz CT molecular complexity index is 1100. The van der Waals surface area contributed by atoms with Crippen molar-refractivity contribution in [1.82, 2.24) is 20.3 Å². The molecule has 2 aliphatic heterocycles. The lowest BCUT2D eigenvalue weighted by atomic mass is 10.0. The average Bonchev–Trinajstić information content (AvgIpc) is 3.17. The molecule has 33 heavy (non-hydrogen) atoms. The Hall–Kier alpha value is -2.97. The quantitative estimate of drug-likeness (QED) is 0.313. The smallest absolute Gasteiger partial charge is 0.431 e. The third kappa shape index (κ3) is 5.69. The van der Waals surface area contributed by atoms with Crippen LogP contribution in [0.25, 0.3) is 11.0 Å². The van der Waals surface area contributed by atoms with E-state index in [0.29, 0.717) is 37.3 Å². The van der Waals surface area contributed by atoms with E-state index in [0.717, 1.165) is 17.4 Å². The van der Waals surface area contributed by atoms with Gasteiger partial charge in [0.2, 0.25) is 0 Å². The van der Waals surface area contributed by atoms with E-state index < -0.39 is 18.0 Å². The summed E-state index contributed by atoms with van der Waals surface area (Å²) >= 11 is 0. The summed E-state index contributed by atoms with van der Waals surface area (Å²) < 4.78 is 48.6. The van der Waals surface area contributed by atoms with Gasteiger partial charge in [-0.05, 0) is 12.1 Å². The number of ether oxygens (including phenoxy) is 2. The van der Waals surface area contributed by atoms with Crippen LogP contribution < -0.4 is 15.4 Å². The Morgan fingerprint density at radius 2 is 1.88 bits per heavy atom. The lowest BCUT2D eigenvalue weighted by molar-refractivity contribution is -0.467. The molecule has 6 N–H and O–H groups in total. The van der Waals surface area contributed by atoms with E-state index in [4.69, 9.17) is 20.1 Å². The van der Waals surface area contributed by atoms with Crippen LogP contribution in [0, 0.1) is 0 Å². The number of halogens is 3. The number of rotatable bonds is 4. The van der Waals surface area contributed by atoms with Gasteiger partial charge in [0.1, 0.15) is 29.2 Å². The standard InChI is InChI=1S/C16H13F3N4O.C4H9NO4/c17-16(18,19)13-7-10-14(20-8-21-15(10)23-13)22-11-5-6-24-12-4-2-1-3-9(11)12;6-4(7,8)9-3-1-5-2-3/h1-4,7-8,11H,5-6H2,(H2,20,21,22,23);3,5-8H,1-2H2. The molecule has 4 heterocycles. The Morgan fingerprint density at radius 3 is 2.52 bits per heavy atom. The van der Waals surface area contributed by atoms with E-state index in [9.17, 15) is 13.2 Å². The van der Waals surface area contributed by atoms with E-state index >= 15 is 0 Å². The molecule has 10 nitrogen and oxygen atoms in total. The summed E-state index contributed by atoms with van der Waals surface area (Å²) in [6, 6.07) is 8.53. The van der Waals surface area contributed by atoms with Crippen LogP contribution in [0.3, 0.4) is 0 Å². The molecule has 178 valence electrons. The van der Waals surface area contributed by atoms with Gasteiger partial charge < -0.3 is 35.7 Å². The second-order valence-electron chi connectivity index (χ2n) is 7.51. The van der Waals surface area contributed by atoms with Gasteiger partial charge in [-0.1, -0.05) is 18.2 Å². The number of fused-ring (bicyclic) bond motifs is 2. The minimum absolute atomic E-state index is 0.0858. The highest BCUT2D eigenvalue weighted by atomic mass is 19.4. The summed E-state index contributed by atoms with van der Waals surface area (Å²) in [5.41, 5.74) is 0.274. The highest BCUT2D eigenvalue weighted by Gasteiger charge is 2.33. The molecule has 1 saturated heterocycles. The zero-order valence-electron chi connectivity index (χ0n) is 17.1. The van der Waals surface area contributed by atoms with Crippen molar-refractivity contribution in [1.29, 1.82) is 0 Å². The number of anilines is 1. The number of hydrogen-bond acceptors (Lipinski definition) is 9. The second-order valence-corrected chi connectivity index (χ2v) is 7.51. The normalized spacial score (nSPS) is 18.5. The number of para-hydroxylation sites is 1. The molecular weight excluding hydrogens is 447 g/mol. The maximum Gasteiger partial charge on any atom is 0.431 e. The minimum Gasteiger partial charge on any atom is -0.493 e. The SMILES string of the molecule is FC(F)(F)c1cc2c(NC3CCOc4ccccc43)ncnc2[nH]1.OC(O)(O)OC1CNC1. The predicted octanol–water partition coefficient (Wildman–Crippen LogP) is 1.48. The molecule has 0 bridgehead atoms. The van der Waals surface area contributed by atoms with Crippen molar-refractivity contribution >= 4 is 16.9 Å². The fraction of sp³-hybridized carbons (Fsp3) is 0.400. The van der Waals surface area contributed by atoms with Crippen molar-refractivity contribution < 1.29 is 38.0 Å². The molecule has 0 spiro atoms. The fourth-order valence-electron chi connectivity index (χ4n) is 3.43. The van der Waals surface area contributed by atoms with Crippen LogP contribution in [-0.2, 0) is 10.9 Å². The summed E-state index contributed by atoms with van der Waals surface area (Å²) in [6.07, 6.45) is -5.77. The van der Waals surface area contributed by atoms with E-state index in [2.05, 4.69) is 30.3 Å². The number of hydrogen-bond donors (Lipinski definition) is 6. The fourth-order valence-corrected chi connectivity index (χ4v) is 3.43. The van der Waals surface area contributed by atoms with E-state index in [1.54, 1.807) is 0 Å². The molecule has 1 atom stereocenters. The van der Waals surface area contributed by atoms with E-state index in [-0.39, 0.29) is 17.8 Å². The molecule has 3 aromatic rings. The van der Waals surface area contributed by atoms with Crippen molar-refractivity contribution in [2.75, 3.05) is 25.0 Å². The molecule has 0 radical (unpaired) electrons. The van der Waals surface area contributed by atoms with Gasteiger partial charge in [-0.15, -0.1) is 0 Å².